The van der Waals surface area contributed by atoms with E-state index in [1.54, 1.807) is 60.9 Å². The van der Waals surface area contributed by atoms with E-state index in [1.807, 2.05) is 0 Å². The Morgan fingerprint density at radius 1 is 0.525 bits per heavy atom. The zero-order valence-electron chi connectivity index (χ0n) is 62.4. The van der Waals surface area contributed by atoms with Gasteiger partial charge in [0.15, 0.2) is 100 Å². The first kappa shape index (κ1) is 91.4. The lowest BCUT2D eigenvalue weighted by Gasteiger charge is -2.30. The van der Waals surface area contributed by atoms with E-state index in [4.69, 9.17) is 101 Å². The second-order valence-corrected chi connectivity index (χ2v) is 34.1. The van der Waals surface area contributed by atoms with Crippen molar-refractivity contribution in [1.29, 1.82) is 5.41 Å². The van der Waals surface area contributed by atoms with Gasteiger partial charge in [-0.15, -0.1) is 20.0 Å². The first-order valence-electron chi connectivity index (χ1n) is 34.9. The first-order valence-corrected chi connectivity index (χ1v) is 43.0. The Balaban J connectivity index is 0.000000132. The van der Waals surface area contributed by atoms with Crippen LogP contribution < -0.4 is 35.0 Å². The van der Waals surface area contributed by atoms with Crippen LogP contribution >= 0.6 is 39.1 Å². The maximum atomic E-state index is 11.9. The number of nitrogen functional groups attached to an aromatic ring is 1. The van der Waals surface area contributed by atoms with E-state index in [0.717, 1.165) is 6.33 Å². The number of hydrogen-bond donors (Lipinski definition) is 23. The van der Waals surface area contributed by atoms with E-state index in [1.165, 1.54) is 71.2 Å². The molecule has 122 heavy (non-hydrogen) atoms. The topological polar surface area (TPSA) is 848 Å². The van der Waals surface area contributed by atoms with Gasteiger partial charge in [0.2, 0.25) is 24.2 Å². The summed E-state index contributed by atoms with van der Waals surface area (Å²) in [5.41, 5.74) is 8.64. The number of pyridine rings is 2. The average Bonchev–Trinajstić information content (AvgIpc) is 1.56. The highest BCUT2D eigenvalue weighted by Crippen LogP contribution is 2.52. The Morgan fingerprint density at radius 2 is 0.992 bits per heavy atom. The summed E-state index contributed by atoms with van der Waals surface area (Å²) in [4.78, 5) is 125. The van der Waals surface area contributed by atoms with E-state index in [-0.39, 0.29) is 56.4 Å². The molecule has 10 aromatic heterocycles. The number of phosphoric ester groups is 5. The largest absolute Gasteiger partial charge is 0.870 e. The molecule has 0 aliphatic carbocycles. The van der Waals surface area contributed by atoms with Crippen LogP contribution in [0.25, 0.3) is 55.8 Å². The van der Waals surface area contributed by atoms with Crippen molar-refractivity contribution in [2.75, 3.05) is 44.2 Å². The first-order chi connectivity index (χ1) is 57.0. The number of aromatic nitrogens is 18. The van der Waals surface area contributed by atoms with Gasteiger partial charge >= 0.3 is 56.1 Å². The molecule has 17 heterocycles. The molecule has 0 radical (unpaired) electrons. The normalized spacial score (nSPS) is 28.9. The summed E-state index contributed by atoms with van der Waals surface area (Å²) < 4.78 is 116. The third kappa shape index (κ3) is 18.7. The van der Waals surface area contributed by atoms with Crippen molar-refractivity contribution in [1.82, 2.24) is 72.4 Å². The lowest BCUT2D eigenvalue weighted by Crippen LogP contribution is -2.46. The van der Waals surface area contributed by atoms with E-state index >= 15 is 0 Å². The van der Waals surface area contributed by atoms with Gasteiger partial charge in [0.05, 0.1) is 46.9 Å². The van der Waals surface area contributed by atoms with E-state index in [0.29, 0.717) is 43.6 Å². The molecule has 0 saturated carbocycles. The van der Waals surface area contributed by atoms with Crippen LogP contribution in [0, 0.1) is 5.41 Å². The SMILES string of the molecule is CC1=NN(C)c2ncnc3c2n1c[n+]3[C@@H]1OC(COP(=O)(O)O)[C@@H](O)C1O.Cn1c[n+]([C@@H]2OC(COP(=O)(O)O)[C@@H](O)C2O)c2nccc([O-])c21.Cn1c[n+]([C@@H]2OC(COP(=O)(O)O)[C@@H](O)C2O)c2nccc([S-])c21.N=c1c2ncn([C@@H]3OC(COP(=O)(O)O)[C@@H](O)C3O)c2ncn1O.Nc1ncnc2c1nc1n2[C@@H]2OC([C@@H](O)C2O)[C@H]1OP(=O)(O)O. The molecule has 17 rings (SSSR count). The van der Waals surface area contributed by atoms with Crippen molar-refractivity contribution >= 4 is 125 Å². The summed E-state index contributed by atoms with van der Waals surface area (Å²) >= 11 is 5.25. The lowest BCUT2D eigenvalue weighted by molar-refractivity contribution is -0.746. The fourth-order valence-corrected chi connectivity index (χ4v) is 16.1. The van der Waals surface area contributed by atoms with Crippen LogP contribution in [-0.4, -0.2) is 308 Å². The minimum Gasteiger partial charge on any atom is -0.870 e. The summed E-state index contributed by atoms with van der Waals surface area (Å²) in [6, 6.07) is 2.96. The molecule has 24 N–H and O–H groups in total. The van der Waals surface area contributed by atoms with Gasteiger partial charge in [0.1, 0.15) is 122 Å². The van der Waals surface area contributed by atoms with Crippen LogP contribution in [-0.2, 0) is 95.9 Å². The number of nitrogens with zero attached hydrogens (tertiary/aromatic N) is 20. The van der Waals surface area contributed by atoms with Crippen molar-refractivity contribution in [3.05, 3.63) is 80.1 Å². The molecule has 0 aromatic carbocycles. The summed E-state index contributed by atoms with van der Waals surface area (Å²) in [6.45, 7) is -0.608. The molecule has 7 aliphatic heterocycles. The third-order valence-electron chi connectivity index (χ3n) is 19.4. The number of ether oxygens (including phenoxy) is 5. The van der Waals surface area contributed by atoms with Crippen LogP contribution in [0.2, 0.25) is 0 Å². The molecule has 0 amide bonds. The van der Waals surface area contributed by atoms with Crippen LogP contribution in [0.15, 0.2) is 78.8 Å². The molecular formula is C57H76N22O37P5S+. The fourth-order valence-electron chi connectivity index (χ4n) is 14.0. The monoisotopic (exact) mass is 1850 g/mol. The number of aliphatic hydroxyl groups excluding tert-OH is 10. The van der Waals surface area contributed by atoms with Gasteiger partial charge < -0.3 is 152 Å². The van der Waals surface area contributed by atoms with E-state index in [2.05, 4.69) is 68.1 Å². The third-order valence-corrected chi connectivity index (χ3v) is 22.2. The average molecular weight is 1850 g/mol. The minimum atomic E-state index is -4.92. The Bertz CT molecular complexity index is 5790. The number of aliphatic hydroxyl groups is 10. The summed E-state index contributed by atoms with van der Waals surface area (Å²) in [5, 5.41) is 136. The van der Waals surface area contributed by atoms with Crippen LogP contribution in [0.4, 0.5) is 11.6 Å². The van der Waals surface area contributed by atoms with Crippen molar-refractivity contribution in [3.63, 3.8) is 0 Å². The minimum absolute atomic E-state index is 0.0280. The number of fused-ring (bicyclic) bond motifs is 9. The number of phosphoric acid groups is 5. The van der Waals surface area contributed by atoms with Crippen molar-refractivity contribution in [3.8, 4) is 5.75 Å². The molecule has 10 unspecified atom stereocenters. The predicted molar refractivity (Wildman–Crippen MR) is 387 cm³/mol. The Labute approximate surface area is 683 Å². The molecule has 0 spiro atoms. The van der Waals surface area contributed by atoms with Gasteiger partial charge in [0, 0.05) is 14.0 Å². The molecule has 5 fully saturated rings. The van der Waals surface area contributed by atoms with Gasteiger partial charge in [-0.3, -0.25) is 46.3 Å². The summed E-state index contributed by atoms with van der Waals surface area (Å²) in [7, 11) is -18.7. The van der Waals surface area contributed by atoms with Gasteiger partial charge in [-0.05, 0) is 12.1 Å². The molecule has 21 atom stereocenters. The number of nitrogens with two attached hydrogens (primary N) is 1. The molecule has 666 valence electrons. The van der Waals surface area contributed by atoms with E-state index in [9.17, 15) is 84.2 Å². The molecule has 7 aliphatic rings. The van der Waals surface area contributed by atoms with Gasteiger partial charge in [-0.1, -0.05) is 10.7 Å². The molecule has 10 aromatic rings. The number of anilines is 2. The maximum Gasteiger partial charge on any atom is 0.470 e. The number of hydrazone groups is 1. The number of aryl methyl sites for hydroxylation is 2. The zero-order valence-corrected chi connectivity index (χ0v) is 67.7. The second kappa shape index (κ2) is 34.9. The smallest absolute Gasteiger partial charge is 0.470 e. The number of rotatable bonds is 18. The van der Waals surface area contributed by atoms with Gasteiger partial charge in [-0.2, -0.15) is 9.71 Å². The highest BCUT2D eigenvalue weighted by atomic mass is 32.1. The van der Waals surface area contributed by atoms with Crippen LogP contribution in [0.1, 0.15) is 50.0 Å². The molecule has 2 bridgehead atoms. The number of hydrogen-bond acceptors (Lipinski definition) is 41. The van der Waals surface area contributed by atoms with Crippen molar-refractivity contribution in [2.45, 2.75) is 141 Å². The number of imidazole rings is 5. The second-order valence-electron chi connectivity index (χ2n) is 27.5. The Morgan fingerprint density at radius 3 is 1.52 bits per heavy atom. The molecule has 59 nitrogen and oxygen atoms in total. The van der Waals surface area contributed by atoms with Gasteiger partial charge in [-0.25, -0.2) is 71.0 Å². The highest BCUT2D eigenvalue weighted by Gasteiger charge is 2.57. The van der Waals surface area contributed by atoms with Crippen molar-refractivity contribution in [2.24, 2.45) is 19.2 Å². The Hall–Kier alpha value is -8.27. The lowest BCUT2D eigenvalue weighted by atomic mass is 10.1. The summed E-state index contributed by atoms with van der Waals surface area (Å²) in [5.74, 6) is 1.01. The Kier molecular flexibility index (Phi) is 26.2. The summed E-state index contributed by atoms with van der Waals surface area (Å²) in [6.07, 6.45) is -14.3. The zero-order chi connectivity index (χ0) is 89.0. The maximum absolute atomic E-state index is 11.9. The molecule has 65 heteroatoms. The number of nitrogens with one attached hydrogen (secondary N) is 1. The van der Waals surface area contributed by atoms with Crippen LogP contribution in [0.3, 0.4) is 0 Å². The fraction of sp³-hybridized carbons (Fsp3) is 0.509. The predicted octanol–water partition coefficient (Wildman–Crippen LogP) is -9.89. The van der Waals surface area contributed by atoms with Crippen molar-refractivity contribution < 1.29 is 193 Å². The standard InChI is InChI=1S/C13H17N6O7P.C12H16N3O8P.C12H16N3O7PS.C10H14N5O8P.C10H12N5O7P/c1-6-16-17(2)11-8-12(15-4-14-11)19(5-18(6)8)13-10(21)9(20)7(26-13)3-25-27(22,23)24;1-14-5-15(11-8(14)6(16)2-3-13-11)12-10(18)9(17)7(23-12)4-22-24(19,20)21;1-14-5-15(11-8(14)7(24)2-3-13-11)12-10(17)9(16)6(22-12)4-21-23(18,19)20;11-8-5-9(13-3-15(8)18)14(2-12-5)10-7(17)6(16)4(23-10)1-22-24(19,20)21;11-7-2-8(13-1-12-7)15-9(14-2)6(22-23(18,19)20)5-3(16)4(17)10(15)21-5/h4-5,7,9-10,13,20-21H,3H2,1-2H3,(H-,22,23,24);2-3,5,7,9-10,12,17-18H,4H2,1H3,(H2-,13,16,19,20,21);2-3,5-6,9-10,12,16-17H,4H2,1H3,(H2-,13,18,19,20,24);2-4,6-7,10-11,16-18H,1H2,(H2,19,20,21);1,3-6,10,16-17H,(H2,11,12,13)(H2,18,19,20)/p+1/t7?,9-,10?,13-;7?,9-,10?,12-;6?,9-,10?,12-;4?,6-,7?,10-;3-,4?,5?,6+,10+/m11110/s1. The van der Waals surface area contributed by atoms with E-state index < -0.39 is 194 Å². The van der Waals surface area contributed by atoms with Gasteiger partial charge in [0.25, 0.3) is 0 Å². The molecular weight excluding hydrogens is 1770 g/mol. The molecule has 5 saturated heterocycles. The highest BCUT2D eigenvalue weighted by molar-refractivity contribution is 7.59. The quantitative estimate of drug-likeness (QED) is 0.0164. The van der Waals surface area contributed by atoms with Crippen LogP contribution in [0.5, 0.6) is 5.75 Å².